The van der Waals surface area contributed by atoms with E-state index in [1.165, 1.54) is 7.11 Å². The molecule has 2 aliphatic carbocycles. The van der Waals surface area contributed by atoms with Crippen LogP contribution in [0.5, 0.6) is 5.88 Å². The minimum absolute atomic E-state index is 0.0480. The van der Waals surface area contributed by atoms with Gasteiger partial charge in [-0.1, -0.05) is 19.8 Å². The first-order valence-electron chi connectivity index (χ1n) is 15.8. The number of hydrogen-bond acceptors (Lipinski definition) is 12. The number of rotatable bonds is 14. The van der Waals surface area contributed by atoms with Gasteiger partial charge in [0.25, 0.3) is 0 Å². The van der Waals surface area contributed by atoms with Crippen LogP contribution in [0, 0.1) is 0 Å². The average Bonchev–Trinajstić information content (AvgIpc) is 3.41. The number of aryl methyl sites for hydroxylation is 1. The Morgan fingerprint density at radius 3 is 2.24 bits per heavy atom. The summed E-state index contributed by atoms with van der Waals surface area (Å²) >= 11 is 0. The molecule has 2 aliphatic rings. The number of nitrogens with zero attached hydrogens (tertiary/aromatic N) is 4. The van der Waals surface area contributed by atoms with Crippen molar-refractivity contribution in [2.75, 3.05) is 33.1 Å². The first kappa shape index (κ1) is 36.6. The summed E-state index contributed by atoms with van der Waals surface area (Å²) in [6, 6.07) is -0.868. The lowest BCUT2D eigenvalue weighted by atomic mass is 9.98. The molecule has 0 aromatic carbocycles. The van der Waals surface area contributed by atoms with Gasteiger partial charge in [-0.3, -0.25) is 14.2 Å². The van der Waals surface area contributed by atoms with E-state index in [0.29, 0.717) is 23.5 Å². The Bertz CT molecular complexity index is 1260. The van der Waals surface area contributed by atoms with Crippen LogP contribution in [0.1, 0.15) is 84.5 Å². The van der Waals surface area contributed by atoms with Gasteiger partial charge in [0.05, 0.1) is 26.1 Å². The van der Waals surface area contributed by atoms with Crippen molar-refractivity contribution in [3.63, 3.8) is 0 Å². The summed E-state index contributed by atoms with van der Waals surface area (Å²) in [5.74, 6) is -0.374. The largest absolute Gasteiger partial charge is 0.479 e. The highest BCUT2D eigenvalue weighted by Gasteiger charge is 2.32. The standard InChI is InChI=1S/C22H41N2O7P.C7H9N5O/c1-4-18(28-3)16-29-32(27,23-15-21(25)30-19-11-7-5-8-12-19)24-17(2)22(26)31-20-13-9-6-10-14-20;1-12-3-9-4-5(12)10-7(8)11-6(4)13-2/h17-20H,4-16H2,1-3H3,(H2,23,24,27);3H,1-2H3,(H2,8,10,11). The molecule has 2 heterocycles. The zero-order valence-corrected chi connectivity index (χ0v) is 28.1. The quantitative estimate of drug-likeness (QED) is 0.197. The topological polar surface area (TPSA) is 191 Å². The maximum absolute atomic E-state index is 13.4. The van der Waals surface area contributed by atoms with E-state index in [9.17, 15) is 14.2 Å². The van der Waals surface area contributed by atoms with Crippen LogP contribution in [-0.4, -0.2) is 83.2 Å². The number of esters is 2. The van der Waals surface area contributed by atoms with Gasteiger partial charge >= 0.3 is 19.6 Å². The van der Waals surface area contributed by atoms with E-state index in [-0.39, 0.29) is 37.4 Å². The Hall–Kier alpha value is -2.84. The van der Waals surface area contributed by atoms with Crippen LogP contribution in [0.2, 0.25) is 0 Å². The highest BCUT2D eigenvalue weighted by atomic mass is 31.2. The fourth-order valence-corrected chi connectivity index (χ4v) is 6.73. The van der Waals surface area contributed by atoms with E-state index >= 15 is 0 Å². The number of anilines is 1. The molecular formula is C29H50N7O8P. The molecule has 45 heavy (non-hydrogen) atoms. The molecule has 2 fully saturated rings. The first-order chi connectivity index (χ1) is 21.6. The Balaban J connectivity index is 0.000000350. The van der Waals surface area contributed by atoms with Crippen LogP contribution < -0.4 is 20.6 Å². The maximum Gasteiger partial charge on any atom is 0.342 e. The highest BCUT2D eigenvalue weighted by Crippen LogP contribution is 2.38. The summed E-state index contributed by atoms with van der Waals surface area (Å²) in [5, 5.41) is 5.39. The van der Waals surface area contributed by atoms with Gasteiger partial charge in [-0.25, -0.2) is 15.2 Å². The zero-order chi connectivity index (χ0) is 32.8. The second-order valence-electron chi connectivity index (χ2n) is 11.4. The number of carbonyl (C=O) groups is 2. The molecule has 15 nitrogen and oxygen atoms in total. The maximum atomic E-state index is 13.4. The van der Waals surface area contributed by atoms with Crippen LogP contribution in [0.15, 0.2) is 6.33 Å². The SMILES string of the molecule is CCC(COP(=O)(NCC(=O)OC1CCCCC1)NC(C)C(=O)OC1CCCCC1)OC.COc1nc(N)nc2c1ncn2C. The summed E-state index contributed by atoms with van der Waals surface area (Å²) in [5.41, 5.74) is 6.78. The number of ether oxygens (including phenoxy) is 4. The molecule has 2 saturated carbocycles. The van der Waals surface area contributed by atoms with Crippen LogP contribution in [-0.2, 0) is 39.9 Å². The molecule has 254 valence electrons. The predicted molar refractivity (Wildman–Crippen MR) is 168 cm³/mol. The predicted octanol–water partition coefficient (Wildman–Crippen LogP) is 3.81. The molecule has 4 rings (SSSR count). The van der Waals surface area contributed by atoms with Gasteiger partial charge in [-0.15, -0.1) is 0 Å². The lowest BCUT2D eigenvalue weighted by Gasteiger charge is -2.27. The minimum Gasteiger partial charge on any atom is -0.479 e. The number of fused-ring (bicyclic) bond motifs is 1. The van der Waals surface area contributed by atoms with Crippen molar-refractivity contribution < 1.29 is 37.6 Å². The number of carbonyl (C=O) groups excluding carboxylic acids is 2. The molecule has 0 bridgehead atoms. The molecule has 3 unspecified atom stereocenters. The second kappa shape index (κ2) is 18.3. The van der Waals surface area contributed by atoms with Gasteiger partial charge in [-0.2, -0.15) is 9.97 Å². The van der Waals surface area contributed by atoms with Crippen molar-refractivity contribution in [1.29, 1.82) is 0 Å². The van der Waals surface area contributed by atoms with Gasteiger partial charge in [0.2, 0.25) is 11.8 Å². The number of methoxy groups -OCH3 is 2. The lowest BCUT2D eigenvalue weighted by molar-refractivity contribution is -0.152. The van der Waals surface area contributed by atoms with E-state index in [1.54, 1.807) is 24.9 Å². The van der Waals surface area contributed by atoms with Crippen LogP contribution >= 0.6 is 7.67 Å². The van der Waals surface area contributed by atoms with Crippen molar-refractivity contribution in [3.8, 4) is 5.88 Å². The monoisotopic (exact) mass is 655 g/mol. The molecule has 16 heteroatoms. The van der Waals surface area contributed by atoms with Crippen LogP contribution in [0.25, 0.3) is 11.2 Å². The molecule has 0 aliphatic heterocycles. The van der Waals surface area contributed by atoms with Gasteiger partial charge in [-0.05, 0) is 64.7 Å². The lowest BCUT2D eigenvalue weighted by Crippen LogP contribution is -2.41. The third-order valence-corrected chi connectivity index (χ3v) is 9.62. The Kier molecular flexibility index (Phi) is 14.9. The highest BCUT2D eigenvalue weighted by molar-refractivity contribution is 7.54. The second-order valence-corrected chi connectivity index (χ2v) is 13.3. The Labute approximate surface area is 265 Å². The van der Waals surface area contributed by atoms with Gasteiger partial charge in [0, 0.05) is 14.2 Å². The molecule has 4 N–H and O–H groups in total. The number of aromatic nitrogens is 4. The van der Waals surface area contributed by atoms with Crippen molar-refractivity contribution in [2.45, 2.75) is 109 Å². The molecule has 0 spiro atoms. The van der Waals surface area contributed by atoms with Gasteiger partial charge in [0.1, 0.15) is 24.8 Å². The van der Waals surface area contributed by atoms with E-state index in [2.05, 4.69) is 25.1 Å². The average molecular weight is 656 g/mol. The number of nitrogen functional groups attached to an aromatic ring is 1. The normalized spacial score (nSPS) is 18.7. The zero-order valence-electron chi connectivity index (χ0n) is 27.2. The molecule has 0 amide bonds. The number of nitrogens with one attached hydrogen (secondary N) is 2. The van der Waals surface area contributed by atoms with E-state index in [0.717, 1.165) is 64.2 Å². The number of hydrogen-bond donors (Lipinski definition) is 3. The number of imidazole rings is 1. The molecule has 2 aromatic heterocycles. The summed E-state index contributed by atoms with van der Waals surface area (Å²) in [6.07, 6.45) is 11.8. The van der Waals surface area contributed by atoms with Crippen molar-refractivity contribution in [2.24, 2.45) is 7.05 Å². The van der Waals surface area contributed by atoms with E-state index in [4.69, 9.17) is 29.2 Å². The summed E-state index contributed by atoms with van der Waals surface area (Å²) in [6.45, 7) is 3.27. The Morgan fingerprint density at radius 2 is 1.67 bits per heavy atom. The van der Waals surface area contributed by atoms with Crippen LogP contribution in [0.3, 0.4) is 0 Å². The summed E-state index contributed by atoms with van der Waals surface area (Å²) in [7, 11) is 1.16. The van der Waals surface area contributed by atoms with Crippen LogP contribution in [0.4, 0.5) is 5.95 Å². The first-order valence-corrected chi connectivity index (χ1v) is 17.4. The van der Waals surface area contributed by atoms with Gasteiger partial charge in [0.15, 0.2) is 11.2 Å². The van der Waals surface area contributed by atoms with Crippen molar-refractivity contribution in [1.82, 2.24) is 29.7 Å². The van der Waals surface area contributed by atoms with Gasteiger partial charge < -0.3 is 33.8 Å². The molecule has 2 aromatic rings. The molecule has 0 radical (unpaired) electrons. The van der Waals surface area contributed by atoms with E-state index in [1.807, 2.05) is 14.0 Å². The molecule has 0 saturated heterocycles. The van der Waals surface area contributed by atoms with Crippen molar-refractivity contribution >= 4 is 36.7 Å². The fourth-order valence-electron chi connectivity index (χ4n) is 5.14. The van der Waals surface area contributed by atoms with Crippen molar-refractivity contribution in [3.05, 3.63) is 6.33 Å². The summed E-state index contributed by atoms with van der Waals surface area (Å²) < 4.78 is 42.2. The Morgan fingerprint density at radius 1 is 1.04 bits per heavy atom. The van der Waals surface area contributed by atoms with E-state index < -0.39 is 25.7 Å². The molecule has 3 atom stereocenters. The third-order valence-electron chi connectivity index (χ3n) is 7.80. The summed E-state index contributed by atoms with van der Waals surface area (Å²) in [4.78, 5) is 36.8. The molecular weight excluding hydrogens is 605 g/mol. The minimum atomic E-state index is -3.75. The smallest absolute Gasteiger partial charge is 0.342 e. The number of nitrogens with two attached hydrogens (primary N) is 1. The third kappa shape index (κ3) is 11.8. The fraction of sp³-hybridized carbons (Fsp3) is 0.759.